The molecule has 2 aliphatic heterocycles. The SMILES string of the molecule is CCC1CCC2(CC1)NC(=O)N(CC(=O)N1CCCCC1CN)C2=O.Cl. The lowest BCUT2D eigenvalue weighted by atomic mass is 9.75. The number of likely N-dealkylation sites (tertiary alicyclic amines) is 1. The van der Waals surface area contributed by atoms with Gasteiger partial charge in [-0.2, -0.15) is 0 Å². The third kappa shape index (κ3) is 3.83. The van der Waals surface area contributed by atoms with Crippen LogP contribution in [0.5, 0.6) is 0 Å². The zero-order valence-corrected chi connectivity index (χ0v) is 16.4. The molecule has 1 saturated carbocycles. The van der Waals surface area contributed by atoms with Crippen molar-refractivity contribution in [3.8, 4) is 0 Å². The Kier molecular flexibility index (Phi) is 6.91. The molecule has 0 aromatic rings. The van der Waals surface area contributed by atoms with Gasteiger partial charge in [0.05, 0.1) is 0 Å². The number of imide groups is 1. The number of piperidine rings is 1. The summed E-state index contributed by atoms with van der Waals surface area (Å²) in [5.41, 5.74) is 5.00. The van der Waals surface area contributed by atoms with Crippen LogP contribution in [0.1, 0.15) is 58.3 Å². The molecular formula is C18H31ClN4O3. The highest BCUT2D eigenvalue weighted by molar-refractivity contribution is 6.09. The average molecular weight is 387 g/mol. The summed E-state index contributed by atoms with van der Waals surface area (Å²) < 4.78 is 0. The summed E-state index contributed by atoms with van der Waals surface area (Å²) in [7, 11) is 0. The van der Waals surface area contributed by atoms with Crippen LogP contribution in [0.15, 0.2) is 0 Å². The number of rotatable bonds is 4. The molecule has 3 fully saturated rings. The van der Waals surface area contributed by atoms with Crippen LogP contribution in [0.4, 0.5) is 4.79 Å². The standard InChI is InChI=1S/C18H30N4O3.ClH/c1-2-13-6-8-18(9-7-13)16(24)22(17(25)20-18)12-15(23)21-10-4-3-5-14(21)11-19;/h13-14H,2-12,19H2,1H3,(H,20,25);1H. The molecule has 2 saturated heterocycles. The largest absolute Gasteiger partial charge is 0.337 e. The summed E-state index contributed by atoms with van der Waals surface area (Å²) in [6.07, 6.45) is 7.27. The lowest BCUT2D eigenvalue weighted by Gasteiger charge is -2.36. The van der Waals surface area contributed by atoms with E-state index in [4.69, 9.17) is 5.73 Å². The number of hydrogen-bond acceptors (Lipinski definition) is 4. The molecule has 1 spiro atoms. The molecule has 3 rings (SSSR count). The van der Waals surface area contributed by atoms with E-state index in [0.29, 0.717) is 31.8 Å². The fraction of sp³-hybridized carbons (Fsp3) is 0.833. The Morgan fingerprint density at radius 1 is 1.23 bits per heavy atom. The predicted octanol–water partition coefficient (Wildman–Crippen LogP) is 1.64. The molecule has 148 valence electrons. The monoisotopic (exact) mass is 386 g/mol. The van der Waals surface area contributed by atoms with Gasteiger partial charge in [0.15, 0.2) is 0 Å². The molecule has 0 bridgehead atoms. The normalized spacial score (nSPS) is 31.8. The van der Waals surface area contributed by atoms with E-state index in [1.54, 1.807) is 4.90 Å². The molecule has 0 aromatic heterocycles. The smallest absolute Gasteiger partial charge is 0.325 e. The van der Waals surface area contributed by atoms with Crippen molar-refractivity contribution >= 4 is 30.3 Å². The first-order valence-electron chi connectivity index (χ1n) is 9.64. The van der Waals surface area contributed by atoms with E-state index >= 15 is 0 Å². The molecule has 3 N–H and O–H groups in total. The van der Waals surface area contributed by atoms with Gasteiger partial charge in [-0.1, -0.05) is 13.3 Å². The van der Waals surface area contributed by atoms with Gasteiger partial charge in [0.2, 0.25) is 5.91 Å². The van der Waals surface area contributed by atoms with Crippen molar-refractivity contribution in [1.82, 2.24) is 15.1 Å². The molecule has 1 aliphatic carbocycles. The van der Waals surface area contributed by atoms with Crippen molar-refractivity contribution in [2.75, 3.05) is 19.6 Å². The molecule has 7 nitrogen and oxygen atoms in total. The van der Waals surface area contributed by atoms with Crippen molar-refractivity contribution in [2.45, 2.75) is 69.9 Å². The third-order valence-electron chi connectivity index (χ3n) is 6.29. The zero-order chi connectivity index (χ0) is 18.0. The Balaban J connectivity index is 0.00000243. The highest BCUT2D eigenvalue weighted by atomic mass is 35.5. The fourth-order valence-electron chi connectivity index (χ4n) is 4.54. The first-order valence-corrected chi connectivity index (χ1v) is 9.64. The number of halogens is 1. The maximum Gasteiger partial charge on any atom is 0.325 e. The van der Waals surface area contributed by atoms with Gasteiger partial charge >= 0.3 is 6.03 Å². The van der Waals surface area contributed by atoms with Crippen LogP contribution in [0.2, 0.25) is 0 Å². The minimum absolute atomic E-state index is 0. The second-order valence-electron chi connectivity index (χ2n) is 7.73. The van der Waals surface area contributed by atoms with Gasteiger partial charge < -0.3 is 16.0 Å². The number of amides is 4. The number of carbonyl (C=O) groups is 3. The van der Waals surface area contributed by atoms with E-state index in [2.05, 4.69) is 12.2 Å². The molecule has 0 aromatic carbocycles. The first kappa shape index (κ1) is 21.0. The Morgan fingerprint density at radius 2 is 1.92 bits per heavy atom. The van der Waals surface area contributed by atoms with Gasteiger partial charge in [-0.15, -0.1) is 12.4 Å². The summed E-state index contributed by atoms with van der Waals surface area (Å²) in [6.45, 7) is 3.08. The average Bonchev–Trinajstić information content (AvgIpc) is 2.86. The number of urea groups is 1. The van der Waals surface area contributed by atoms with Crippen LogP contribution in [-0.2, 0) is 9.59 Å². The summed E-state index contributed by atoms with van der Waals surface area (Å²) >= 11 is 0. The Labute approximate surface area is 161 Å². The van der Waals surface area contributed by atoms with Crippen LogP contribution in [0, 0.1) is 5.92 Å². The van der Waals surface area contributed by atoms with Crippen molar-refractivity contribution in [3.63, 3.8) is 0 Å². The quantitative estimate of drug-likeness (QED) is 0.718. The maximum atomic E-state index is 12.9. The fourth-order valence-corrected chi connectivity index (χ4v) is 4.54. The van der Waals surface area contributed by atoms with Gasteiger partial charge in [0.1, 0.15) is 12.1 Å². The molecule has 1 atom stereocenters. The highest BCUT2D eigenvalue weighted by Crippen LogP contribution is 2.37. The van der Waals surface area contributed by atoms with Gasteiger partial charge in [-0.25, -0.2) is 4.79 Å². The topological polar surface area (TPSA) is 95.7 Å². The van der Waals surface area contributed by atoms with Crippen LogP contribution in [0.3, 0.4) is 0 Å². The van der Waals surface area contributed by atoms with E-state index in [0.717, 1.165) is 43.4 Å². The van der Waals surface area contributed by atoms with Crippen LogP contribution >= 0.6 is 12.4 Å². The van der Waals surface area contributed by atoms with Gasteiger partial charge in [0.25, 0.3) is 5.91 Å². The second-order valence-corrected chi connectivity index (χ2v) is 7.73. The third-order valence-corrected chi connectivity index (χ3v) is 6.29. The summed E-state index contributed by atoms with van der Waals surface area (Å²) in [5.74, 6) is 0.240. The van der Waals surface area contributed by atoms with Crippen molar-refractivity contribution in [2.24, 2.45) is 11.7 Å². The highest BCUT2D eigenvalue weighted by Gasteiger charge is 2.52. The predicted molar refractivity (Wildman–Crippen MR) is 101 cm³/mol. The van der Waals surface area contributed by atoms with E-state index in [1.807, 2.05) is 0 Å². The molecule has 0 radical (unpaired) electrons. The number of nitrogens with two attached hydrogens (primary N) is 1. The minimum atomic E-state index is -0.780. The molecule has 4 amide bonds. The molecule has 2 heterocycles. The van der Waals surface area contributed by atoms with E-state index < -0.39 is 11.6 Å². The van der Waals surface area contributed by atoms with E-state index in [9.17, 15) is 14.4 Å². The van der Waals surface area contributed by atoms with Crippen molar-refractivity contribution in [3.05, 3.63) is 0 Å². The molecule has 26 heavy (non-hydrogen) atoms. The summed E-state index contributed by atoms with van der Waals surface area (Å²) in [5, 5.41) is 2.89. The maximum absolute atomic E-state index is 12.9. The number of hydrogen-bond donors (Lipinski definition) is 2. The lowest BCUT2D eigenvalue weighted by molar-refractivity contribution is -0.141. The summed E-state index contributed by atoms with van der Waals surface area (Å²) in [4.78, 5) is 40.8. The van der Waals surface area contributed by atoms with E-state index in [1.165, 1.54) is 0 Å². The number of nitrogens with zero attached hydrogens (tertiary/aromatic N) is 2. The van der Waals surface area contributed by atoms with E-state index in [-0.39, 0.29) is 36.8 Å². The van der Waals surface area contributed by atoms with Gasteiger partial charge in [0, 0.05) is 19.1 Å². The second kappa shape index (κ2) is 8.57. The first-order chi connectivity index (χ1) is 12.0. The van der Waals surface area contributed by atoms with Crippen LogP contribution in [-0.4, -0.2) is 58.9 Å². The Morgan fingerprint density at radius 3 is 2.54 bits per heavy atom. The van der Waals surface area contributed by atoms with Crippen molar-refractivity contribution < 1.29 is 14.4 Å². The summed E-state index contributed by atoms with van der Waals surface area (Å²) in [6, 6.07) is -0.398. The number of nitrogens with one attached hydrogen (secondary N) is 1. The van der Waals surface area contributed by atoms with Crippen molar-refractivity contribution in [1.29, 1.82) is 0 Å². The lowest BCUT2D eigenvalue weighted by Crippen LogP contribution is -2.52. The zero-order valence-electron chi connectivity index (χ0n) is 15.5. The molecule has 8 heteroatoms. The number of carbonyl (C=O) groups excluding carboxylic acids is 3. The van der Waals surface area contributed by atoms with Gasteiger partial charge in [-0.05, 0) is 50.9 Å². The minimum Gasteiger partial charge on any atom is -0.337 e. The Hall–Kier alpha value is -1.34. The van der Waals surface area contributed by atoms with Crippen LogP contribution in [0.25, 0.3) is 0 Å². The Bertz CT molecular complexity index is 549. The molecule has 3 aliphatic rings. The molecular weight excluding hydrogens is 356 g/mol. The van der Waals surface area contributed by atoms with Crippen LogP contribution < -0.4 is 11.1 Å². The van der Waals surface area contributed by atoms with Gasteiger partial charge in [-0.3, -0.25) is 14.5 Å². The molecule has 1 unspecified atom stereocenters.